The van der Waals surface area contributed by atoms with E-state index in [9.17, 15) is 28.8 Å². The third-order valence-corrected chi connectivity index (χ3v) is 19.0. The van der Waals surface area contributed by atoms with Gasteiger partial charge in [-0.15, -0.1) is 0 Å². The summed E-state index contributed by atoms with van der Waals surface area (Å²) >= 11 is 0. The molecule has 12 nitrogen and oxygen atoms in total. The van der Waals surface area contributed by atoms with Crippen molar-refractivity contribution < 1.29 is 57.2 Å². The van der Waals surface area contributed by atoms with Gasteiger partial charge in [0.25, 0.3) is 0 Å². The predicted octanol–water partition coefficient (Wildman–Crippen LogP) is 22.3. The Hall–Kier alpha value is -6.30. The van der Waals surface area contributed by atoms with E-state index in [1.807, 2.05) is 36.4 Å². The van der Waals surface area contributed by atoms with Crippen LogP contribution in [-0.2, 0) is 48.0 Å². The Morgan fingerprint density at radius 3 is 0.581 bits per heavy atom. The first kappa shape index (κ1) is 74.1. The highest BCUT2D eigenvalue weighted by atomic mass is 16.6. The highest BCUT2D eigenvalue weighted by Crippen LogP contribution is 2.59. The average molecular weight is 1280 g/mol. The largest absolute Gasteiger partial charge is 0.423 e. The minimum Gasteiger partial charge on any atom is -0.423 e. The number of rotatable bonds is 48. The molecule has 0 N–H and O–H groups in total. The van der Waals surface area contributed by atoms with Crippen molar-refractivity contribution in [3.05, 3.63) is 69.8 Å². The molecule has 7 rings (SSSR count). The van der Waals surface area contributed by atoms with Crippen LogP contribution >= 0.6 is 0 Å². The van der Waals surface area contributed by atoms with Gasteiger partial charge in [0, 0.05) is 38.5 Å². The molecule has 0 unspecified atom stereocenters. The monoisotopic (exact) mass is 1280 g/mol. The van der Waals surface area contributed by atoms with E-state index in [1.54, 1.807) is 0 Å². The summed E-state index contributed by atoms with van der Waals surface area (Å²) in [5.74, 6) is -1.14. The van der Waals surface area contributed by atoms with Gasteiger partial charge in [-0.3, -0.25) is 28.8 Å². The zero-order valence-corrected chi connectivity index (χ0v) is 58.2. The number of carbonyl (C=O) groups is 6. The van der Waals surface area contributed by atoms with Gasteiger partial charge in [0.15, 0.2) is 34.5 Å². The van der Waals surface area contributed by atoms with Gasteiger partial charge in [-0.25, -0.2) is 0 Å². The van der Waals surface area contributed by atoms with Gasteiger partial charge in [-0.05, 0) is 161 Å². The Kier molecular flexibility index (Phi) is 32.5. The molecular weight excluding hydrogens is 1160 g/mol. The number of esters is 6. The summed E-state index contributed by atoms with van der Waals surface area (Å²) in [5, 5.41) is 0. The number of carbonyl (C=O) groups excluding carboxylic acids is 6. The van der Waals surface area contributed by atoms with E-state index in [2.05, 4.69) is 41.5 Å². The molecule has 0 aromatic heterocycles. The van der Waals surface area contributed by atoms with Crippen molar-refractivity contribution >= 4 is 35.8 Å². The summed E-state index contributed by atoms with van der Waals surface area (Å²) in [6, 6.07) is 11.3. The first-order chi connectivity index (χ1) is 45.4. The highest BCUT2D eigenvalue weighted by Gasteiger charge is 2.40. The Labute approximate surface area is 558 Å². The minimum atomic E-state index is -0.392. The molecule has 3 aliphatic carbocycles. The van der Waals surface area contributed by atoms with Gasteiger partial charge in [0.1, 0.15) is 0 Å². The van der Waals surface area contributed by atoms with E-state index < -0.39 is 17.9 Å². The molecule has 510 valence electrons. The van der Waals surface area contributed by atoms with Crippen molar-refractivity contribution in [2.24, 2.45) is 0 Å². The summed E-state index contributed by atoms with van der Waals surface area (Å²) in [6.45, 7) is 13.1. The third-order valence-electron chi connectivity index (χ3n) is 19.0. The quantitative estimate of drug-likeness (QED) is 0.0202. The van der Waals surface area contributed by atoms with Crippen LogP contribution in [0.1, 0.15) is 345 Å². The van der Waals surface area contributed by atoms with Crippen molar-refractivity contribution in [3.8, 4) is 67.9 Å². The van der Waals surface area contributed by atoms with E-state index in [-0.39, 0.29) is 90.9 Å². The second-order valence-electron chi connectivity index (χ2n) is 26.9. The van der Waals surface area contributed by atoms with Gasteiger partial charge >= 0.3 is 35.8 Å². The molecule has 0 atom stereocenters. The molecule has 0 radical (unpaired) electrons. The molecule has 4 aromatic rings. The zero-order chi connectivity index (χ0) is 66.2. The van der Waals surface area contributed by atoms with Crippen LogP contribution in [0.2, 0.25) is 0 Å². The molecule has 93 heavy (non-hydrogen) atoms. The number of hydrogen-bond acceptors (Lipinski definition) is 12. The first-order valence-electron chi connectivity index (χ1n) is 37.4. The first-order valence-corrected chi connectivity index (χ1v) is 37.4. The molecule has 0 spiro atoms. The van der Waals surface area contributed by atoms with Crippen molar-refractivity contribution in [1.29, 1.82) is 0 Å². The maximum absolute atomic E-state index is 14.0. The lowest BCUT2D eigenvalue weighted by atomic mass is 9.86. The second-order valence-corrected chi connectivity index (χ2v) is 26.9. The van der Waals surface area contributed by atoms with Gasteiger partial charge in [-0.1, -0.05) is 234 Å². The fourth-order valence-electron chi connectivity index (χ4n) is 13.8. The number of hydrogen-bond donors (Lipinski definition) is 0. The summed E-state index contributed by atoms with van der Waals surface area (Å²) in [7, 11) is 0. The highest BCUT2D eigenvalue weighted by molar-refractivity contribution is 6.02. The van der Waals surface area contributed by atoms with Crippen molar-refractivity contribution in [2.75, 3.05) is 0 Å². The normalized spacial score (nSPS) is 12.2. The van der Waals surface area contributed by atoms with Gasteiger partial charge in [0.2, 0.25) is 0 Å². The molecule has 0 bridgehead atoms. The summed E-state index contributed by atoms with van der Waals surface area (Å²) < 4.78 is 37.7. The molecule has 0 heterocycles. The van der Waals surface area contributed by atoms with Gasteiger partial charge in [-0.2, -0.15) is 0 Å². The van der Waals surface area contributed by atoms with Crippen molar-refractivity contribution in [3.63, 3.8) is 0 Å². The molecule has 0 amide bonds. The second kappa shape index (κ2) is 40.8. The number of unbranched alkanes of at least 4 members (excludes halogenated alkanes) is 30. The Bertz CT molecular complexity index is 2730. The van der Waals surface area contributed by atoms with Crippen LogP contribution in [0.15, 0.2) is 36.4 Å². The number of ether oxygens (including phenoxy) is 6. The summed E-state index contributed by atoms with van der Waals surface area (Å²) in [5.41, 5.74) is 11.1. The third kappa shape index (κ3) is 23.0. The molecule has 0 saturated carbocycles. The lowest BCUT2D eigenvalue weighted by Crippen LogP contribution is -2.12. The van der Waals surface area contributed by atoms with E-state index in [0.29, 0.717) is 57.8 Å². The molecule has 0 fully saturated rings. The van der Waals surface area contributed by atoms with Crippen LogP contribution in [0.5, 0.6) is 34.5 Å². The molecular formula is C81H114O12. The molecule has 4 aromatic carbocycles. The smallest absolute Gasteiger partial charge is 0.311 e. The molecule has 0 saturated heterocycles. The Morgan fingerprint density at radius 2 is 0.398 bits per heavy atom. The average Bonchev–Trinajstić information content (AvgIpc) is 1.54. The van der Waals surface area contributed by atoms with Crippen LogP contribution in [0.3, 0.4) is 0 Å². The van der Waals surface area contributed by atoms with Gasteiger partial charge in [0.05, 0.1) is 0 Å². The predicted molar refractivity (Wildman–Crippen MR) is 373 cm³/mol. The fraction of sp³-hybridized carbons (Fsp3) is 0.630. The van der Waals surface area contributed by atoms with Crippen LogP contribution in [0.4, 0.5) is 0 Å². The lowest BCUT2D eigenvalue weighted by Gasteiger charge is -2.18. The van der Waals surface area contributed by atoms with Crippen molar-refractivity contribution in [1.82, 2.24) is 0 Å². The van der Waals surface area contributed by atoms with Crippen LogP contribution in [0, 0.1) is 0 Å². The minimum absolute atomic E-state index is 0.185. The van der Waals surface area contributed by atoms with E-state index in [1.165, 1.54) is 0 Å². The topological polar surface area (TPSA) is 158 Å². The number of fused-ring (bicyclic) bond motifs is 12. The summed E-state index contributed by atoms with van der Waals surface area (Å²) in [4.78, 5) is 83.4. The SMILES string of the molecule is CCCCCCCCC(=O)Oc1cc2c(cc1OC(=O)CCCCCCCC)-c1c(c3c(c4c1Cc1cc(OC(=O)CCCCCCCC)c(OC(=O)CCCCCCCC)cc1-4)Cc1cc(OC(=O)CCCCCCCC)c(OC(=O)CCCCCCCC)cc1-3)C2. The Balaban J connectivity index is 1.35. The van der Waals surface area contributed by atoms with Crippen LogP contribution in [0.25, 0.3) is 33.4 Å². The van der Waals surface area contributed by atoms with E-state index >= 15 is 0 Å². The Morgan fingerprint density at radius 1 is 0.237 bits per heavy atom. The fourth-order valence-corrected chi connectivity index (χ4v) is 13.8. The molecule has 3 aliphatic rings. The maximum Gasteiger partial charge on any atom is 0.311 e. The maximum atomic E-state index is 14.0. The van der Waals surface area contributed by atoms with E-state index in [0.717, 1.165) is 259 Å². The van der Waals surface area contributed by atoms with Gasteiger partial charge < -0.3 is 28.4 Å². The number of benzene rings is 4. The summed E-state index contributed by atoms with van der Waals surface area (Å²) in [6.07, 6.45) is 39.1. The van der Waals surface area contributed by atoms with Crippen molar-refractivity contribution in [2.45, 2.75) is 330 Å². The van der Waals surface area contributed by atoms with E-state index in [4.69, 9.17) is 28.4 Å². The standard InChI is InChI=1S/C81H114O12/c1-7-13-19-25-31-37-43-73(82)88-67-52-58-49-64-79(61(58)55-70(67)91-76(85)46-40-34-28-22-16-10-4)65-50-59-53-68(89-74(83)44-38-32-26-20-14-8-2)72(93-78(87)48-42-36-30-24-18-12-6)57-63(59)81(65)66-51-60-54-69(90-75(84)45-39-33-27-21-15-9-3)71(56-62(60)80(64)66)92-77(86)47-41-35-29-23-17-11-5/h52-57H,7-51H2,1-6H3. The van der Waals surface area contributed by atoms with Crippen LogP contribution < -0.4 is 28.4 Å². The lowest BCUT2D eigenvalue weighted by molar-refractivity contribution is -0.137. The molecule has 0 aliphatic heterocycles. The zero-order valence-electron chi connectivity index (χ0n) is 58.2. The van der Waals surface area contributed by atoms with Crippen LogP contribution in [-0.4, -0.2) is 35.8 Å². The molecule has 12 heteroatoms.